The van der Waals surface area contributed by atoms with Crippen LogP contribution in [0.4, 0.5) is 0 Å². The number of carbonyl (C=O) groups excluding carboxylic acids is 1. The highest BCUT2D eigenvalue weighted by Crippen LogP contribution is 2.26. The Morgan fingerprint density at radius 2 is 1.95 bits per heavy atom. The Kier molecular flexibility index (Phi) is 4.26. The van der Waals surface area contributed by atoms with E-state index in [1.807, 2.05) is 39.0 Å². The lowest BCUT2D eigenvalue weighted by molar-refractivity contribution is 0.102. The molecule has 1 heterocycles. The van der Waals surface area contributed by atoms with Crippen molar-refractivity contribution in [3.05, 3.63) is 50.2 Å². The van der Waals surface area contributed by atoms with Crippen molar-refractivity contribution >= 4 is 37.6 Å². The van der Waals surface area contributed by atoms with E-state index < -0.39 is 0 Å². The molecule has 0 aliphatic rings. The van der Waals surface area contributed by atoms with Gasteiger partial charge in [0.1, 0.15) is 5.69 Å². The number of nitrogens with zero attached hydrogens (tertiary/aromatic N) is 2. The van der Waals surface area contributed by atoms with Gasteiger partial charge in [-0.25, -0.2) is 0 Å². The van der Waals surface area contributed by atoms with Gasteiger partial charge in [0, 0.05) is 16.1 Å². The van der Waals surface area contributed by atoms with E-state index in [-0.39, 0.29) is 11.8 Å². The molecule has 3 nitrogen and oxygen atoms in total. The van der Waals surface area contributed by atoms with Crippen LogP contribution < -0.4 is 0 Å². The second-order valence-electron chi connectivity index (χ2n) is 4.69. The summed E-state index contributed by atoms with van der Waals surface area (Å²) in [4.78, 5) is 12.7. The minimum atomic E-state index is -0.0337. The van der Waals surface area contributed by atoms with Crippen molar-refractivity contribution in [2.75, 3.05) is 0 Å². The third kappa shape index (κ3) is 2.82. The second-order valence-corrected chi connectivity index (χ2v) is 6.40. The molecule has 0 bridgehead atoms. The van der Waals surface area contributed by atoms with E-state index in [1.54, 1.807) is 10.9 Å². The van der Waals surface area contributed by atoms with Crippen molar-refractivity contribution in [2.24, 2.45) is 0 Å². The average Bonchev–Trinajstić information content (AvgIpc) is 2.73. The number of rotatable bonds is 3. The summed E-state index contributed by atoms with van der Waals surface area (Å²) in [6.45, 7) is 5.97. The standard InChI is InChI=1S/C14H14Br2N2O/c1-8(2)18-13(12(16)7-17-18)14(19)10-6-9(3)4-5-11(10)15/h4-8H,1-3H3. The SMILES string of the molecule is Cc1ccc(Br)c(C(=O)c2c(Br)cnn2C(C)C)c1. The fourth-order valence-electron chi connectivity index (χ4n) is 1.89. The number of carbonyl (C=O) groups is 1. The summed E-state index contributed by atoms with van der Waals surface area (Å²) in [6, 6.07) is 5.88. The molecular weight excluding hydrogens is 372 g/mol. The predicted octanol–water partition coefficient (Wildman–Crippen LogP) is 4.53. The number of hydrogen-bond acceptors (Lipinski definition) is 2. The number of hydrogen-bond donors (Lipinski definition) is 0. The maximum absolute atomic E-state index is 12.7. The molecule has 100 valence electrons. The van der Waals surface area contributed by atoms with Gasteiger partial charge in [-0.3, -0.25) is 9.48 Å². The number of benzene rings is 1. The van der Waals surface area contributed by atoms with Crippen LogP contribution in [0.25, 0.3) is 0 Å². The molecule has 0 amide bonds. The van der Waals surface area contributed by atoms with Gasteiger partial charge >= 0.3 is 0 Å². The van der Waals surface area contributed by atoms with Crippen molar-refractivity contribution in [2.45, 2.75) is 26.8 Å². The van der Waals surface area contributed by atoms with Crippen LogP contribution in [0.15, 0.2) is 33.3 Å². The van der Waals surface area contributed by atoms with Crippen LogP contribution in [0, 0.1) is 6.92 Å². The second kappa shape index (κ2) is 5.59. The van der Waals surface area contributed by atoms with E-state index >= 15 is 0 Å². The fraction of sp³-hybridized carbons (Fsp3) is 0.286. The number of aryl methyl sites for hydroxylation is 1. The molecule has 0 radical (unpaired) electrons. The Morgan fingerprint density at radius 1 is 1.26 bits per heavy atom. The van der Waals surface area contributed by atoms with E-state index in [0.29, 0.717) is 11.3 Å². The van der Waals surface area contributed by atoms with Gasteiger partial charge in [-0.1, -0.05) is 27.6 Å². The van der Waals surface area contributed by atoms with Gasteiger partial charge in [-0.05, 0) is 48.8 Å². The Morgan fingerprint density at radius 3 is 2.58 bits per heavy atom. The Hall–Kier alpha value is -0.940. The molecule has 0 aliphatic carbocycles. The first kappa shape index (κ1) is 14.5. The summed E-state index contributed by atoms with van der Waals surface area (Å²) in [5.74, 6) is -0.0337. The molecule has 0 saturated carbocycles. The van der Waals surface area contributed by atoms with E-state index in [4.69, 9.17) is 0 Å². The summed E-state index contributed by atoms with van der Waals surface area (Å²) < 4.78 is 3.26. The van der Waals surface area contributed by atoms with Gasteiger partial charge in [0.2, 0.25) is 5.78 Å². The van der Waals surface area contributed by atoms with Crippen LogP contribution in [-0.4, -0.2) is 15.6 Å². The molecule has 19 heavy (non-hydrogen) atoms. The molecule has 0 atom stereocenters. The fourth-order valence-corrected chi connectivity index (χ4v) is 2.77. The van der Waals surface area contributed by atoms with E-state index in [1.165, 1.54) is 0 Å². The van der Waals surface area contributed by atoms with Gasteiger partial charge in [-0.15, -0.1) is 0 Å². The minimum Gasteiger partial charge on any atom is -0.287 e. The highest BCUT2D eigenvalue weighted by molar-refractivity contribution is 9.10. The molecule has 5 heteroatoms. The normalized spacial score (nSPS) is 11.1. The molecule has 0 saturated heterocycles. The van der Waals surface area contributed by atoms with Crippen LogP contribution in [-0.2, 0) is 0 Å². The number of halogens is 2. The monoisotopic (exact) mass is 384 g/mol. The highest BCUT2D eigenvalue weighted by Gasteiger charge is 2.22. The first-order chi connectivity index (χ1) is 8.91. The van der Waals surface area contributed by atoms with Crippen molar-refractivity contribution in [3.63, 3.8) is 0 Å². The summed E-state index contributed by atoms with van der Waals surface area (Å²) in [7, 11) is 0. The summed E-state index contributed by atoms with van der Waals surface area (Å²) in [5.41, 5.74) is 2.29. The average molecular weight is 386 g/mol. The van der Waals surface area contributed by atoms with Crippen molar-refractivity contribution in [1.29, 1.82) is 0 Å². The van der Waals surface area contributed by atoms with E-state index in [9.17, 15) is 4.79 Å². The zero-order valence-corrected chi connectivity index (χ0v) is 14.1. The molecule has 1 aromatic heterocycles. The van der Waals surface area contributed by atoms with Crippen LogP contribution in [0.1, 0.15) is 41.5 Å². The van der Waals surface area contributed by atoms with Crippen molar-refractivity contribution in [3.8, 4) is 0 Å². The third-order valence-electron chi connectivity index (χ3n) is 2.82. The number of aromatic nitrogens is 2. The largest absolute Gasteiger partial charge is 0.287 e. The van der Waals surface area contributed by atoms with Crippen molar-refractivity contribution < 1.29 is 4.79 Å². The van der Waals surface area contributed by atoms with Crippen LogP contribution in [0.2, 0.25) is 0 Å². The topological polar surface area (TPSA) is 34.9 Å². The Balaban J connectivity index is 2.56. The molecule has 0 aliphatic heterocycles. The lowest BCUT2D eigenvalue weighted by Crippen LogP contribution is -2.14. The summed E-state index contributed by atoms with van der Waals surface area (Å²) in [5, 5.41) is 4.25. The highest BCUT2D eigenvalue weighted by atomic mass is 79.9. The Bertz CT molecular complexity index is 632. The summed E-state index contributed by atoms with van der Waals surface area (Å²) >= 11 is 6.84. The first-order valence-electron chi connectivity index (χ1n) is 5.95. The molecule has 2 rings (SSSR count). The lowest BCUT2D eigenvalue weighted by Gasteiger charge is -2.11. The van der Waals surface area contributed by atoms with Gasteiger partial charge < -0.3 is 0 Å². The maximum atomic E-state index is 12.7. The smallest absolute Gasteiger partial charge is 0.213 e. The van der Waals surface area contributed by atoms with Gasteiger partial charge in [0.15, 0.2) is 0 Å². The summed E-state index contributed by atoms with van der Waals surface area (Å²) in [6.07, 6.45) is 1.66. The molecule has 2 aromatic rings. The zero-order chi connectivity index (χ0) is 14.2. The van der Waals surface area contributed by atoms with Crippen LogP contribution in [0.3, 0.4) is 0 Å². The molecule has 0 N–H and O–H groups in total. The van der Waals surface area contributed by atoms with Gasteiger partial charge in [0.05, 0.1) is 10.7 Å². The predicted molar refractivity (Wildman–Crippen MR) is 82.6 cm³/mol. The number of ketones is 1. The Labute approximate surface area is 129 Å². The maximum Gasteiger partial charge on any atom is 0.213 e. The molecule has 0 unspecified atom stereocenters. The van der Waals surface area contributed by atoms with Crippen LogP contribution >= 0.6 is 31.9 Å². The van der Waals surface area contributed by atoms with E-state index in [0.717, 1.165) is 14.5 Å². The third-order valence-corrected chi connectivity index (χ3v) is 4.09. The molecule has 0 fully saturated rings. The zero-order valence-electron chi connectivity index (χ0n) is 10.9. The minimum absolute atomic E-state index is 0.0337. The lowest BCUT2D eigenvalue weighted by atomic mass is 10.1. The first-order valence-corrected chi connectivity index (χ1v) is 7.54. The van der Waals surface area contributed by atoms with Gasteiger partial charge in [-0.2, -0.15) is 5.10 Å². The van der Waals surface area contributed by atoms with Crippen LogP contribution in [0.5, 0.6) is 0 Å². The van der Waals surface area contributed by atoms with Gasteiger partial charge in [0.25, 0.3) is 0 Å². The van der Waals surface area contributed by atoms with Crippen molar-refractivity contribution in [1.82, 2.24) is 9.78 Å². The molecule has 1 aromatic carbocycles. The quantitative estimate of drug-likeness (QED) is 0.727. The molecule has 0 spiro atoms. The van der Waals surface area contributed by atoms with E-state index in [2.05, 4.69) is 37.0 Å². The molecular formula is C14H14Br2N2O.